The van der Waals surface area contributed by atoms with Crippen LogP contribution in [0.25, 0.3) is 0 Å². The smallest absolute Gasteiger partial charge is 0.377 e. The Hall–Kier alpha value is 0.0569. The molecule has 0 aromatic heterocycles. The van der Waals surface area contributed by atoms with E-state index >= 15 is 0 Å². The summed E-state index contributed by atoms with van der Waals surface area (Å²) < 4.78 is 16.0. The second-order valence-electron chi connectivity index (χ2n) is 3.29. The van der Waals surface area contributed by atoms with Crippen molar-refractivity contribution in [3.63, 3.8) is 0 Å². The van der Waals surface area contributed by atoms with E-state index in [0.717, 1.165) is 25.6 Å². The Morgan fingerprint density at radius 3 is 1.93 bits per heavy atom. The number of nitrogens with zero attached hydrogens (tertiary/aromatic N) is 1. The molecule has 0 atom stereocenters. The molecule has 0 aliphatic heterocycles. The van der Waals surface area contributed by atoms with Gasteiger partial charge in [-0.2, -0.15) is 0 Å². The molecular weight excluding hydrogens is 198 g/mol. The number of hydrogen-bond donors (Lipinski definition) is 0. The molecule has 0 amide bonds. The van der Waals surface area contributed by atoms with Crippen molar-refractivity contribution in [1.29, 1.82) is 0 Å². The van der Waals surface area contributed by atoms with Gasteiger partial charge in [-0.15, -0.1) is 0 Å². The zero-order valence-electron chi connectivity index (χ0n) is 10.0. The SMILES string of the molecule is CCN(C)CCC[Si](OC)(OC)OC. The fraction of sp³-hybridized carbons (Fsp3) is 1.00. The highest BCUT2D eigenvalue weighted by Crippen LogP contribution is 2.14. The highest BCUT2D eigenvalue weighted by molar-refractivity contribution is 6.60. The zero-order valence-corrected chi connectivity index (χ0v) is 11.0. The lowest BCUT2D eigenvalue weighted by molar-refractivity contribution is 0.122. The van der Waals surface area contributed by atoms with Gasteiger partial charge in [0.2, 0.25) is 0 Å². The van der Waals surface area contributed by atoms with Crippen LogP contribution in [0.4, 0.5) is 0 Å². The lowest BCUT2D eigenvalue weighted by Gasteiger charge is -2.25. The minimum absolute atomic E-state index is 0.876. The summed E-state index contributed by atoms with van der Waals surface area (Å²) in [5.41, 5.74) is 0. The minimum Gasteiger partial charge on any atom is -0.377 e. The van der Waals surface area contributed by atoms with Crippen LogP contribution >= 0.6 is 0 Å². The predicted octanol–water partition coefficient (Wildman–Crippen LogP) is 1.21. The molecule has 0 unspecified atom stereocenters. The summed E-state index contributed by atoms with van der Waals surface area (Å²) in [7, 11) is 4.75. The highest BCUT2D eigenvalue weighted by atomic mass is 28.4. The molecule has 0 aromatic carbocycles. The molecule has 0 saturated heterocycles. The average Bonchev–Trinajstić information content (AvgIpc) is 2.25. The summed E-state index contributed by atoms with van der Waals surface area (Å²) in [5.74, 6) is 0. The molecule has 0 bridgehead atoms. The normalized spacial score (nSPS) is 12.4. The van der Waals surface area contributed by atoms with E-state index in [1.807, 2.05) is 0 Å². The Labute approximate surface area is 88.5 Å². The van der Waals surface area contributed by atoms with Crippen molar-refractivity contribution in [2.45, 2.75) is 19.4 Å². The fourth-order valence-electron chi connectivity index (χ4n) is 1.28. The second-order valence-corrected chi connectivity index (χ2v) is 6.39. The molecule has 14 heavy (non-hydrogen) atoms. The van der Waals surface area contributed by atoms with Crippen LogP contribution in [0.1, 0.15) is 13.3 Å². The van der Waals surface area contributed by atoms with Crippen molar-refractivity contribution >= 4 is 8.80 Å². The van der Waals surface area contributed by atoms with Crippen molar-refractivity contribution < 1.29 is 13.3 Å². The van der Waals surface area contributed by atoms with Crippen LogP contribution in [0.3, 0.4) is 0 Å². The van der Waals surface area contributed by atoms with Crippen LogP contribution in [0.15, 0.2) is 0 Å². The third kappa shape index (κ3) is 4.52. The van der Waals surface area contributed by atoms with Crippen LogP contribution in [-0.2, 0) is 13.3 Å². The van der Waals surface area contributed by atoms with E-state index in [1.165, 1.54) is 0 Å². The average molecular weight is 221 g/mol. The Kier molecular flexibility index (Phi) is 7.39. The van der Waals surface area contributed by atoms with E-state index < -0.39 is 8.80 Å². The molecule has 0 spiro atoms. The third-order valence-corrected chi connectivity index (χ3v) is 5.33. The van der Waals surface area contributed by atoms with Gasteiger partial charge >= 0.3 is 8.80 Å². The number of rotatable bonds is 8. The first-order valence-corrected chi connectivity index (χ1v) is 6.91. The lowest BCUT2D eigenvalue weighted by atomic mass is 10.4. The number of hydrogen-bond acceptors (Lipinski definition) is 4. The van der Waals surface area contributed by atoms with Gasteiger partial charge in [-0.05, 0) is 26.6 Å². The Morgan fingerprint density at radius 2 is 1.57 bits per heavy atom. The fourth-order valence-corrected chi connectivity index (χ4v) is 2.98. The van der Waals surface area contributed by atoms with E-state index in [0.29, 0.717) is 0 Å². The van der Waals surface area contributed by atoms with Crippen molar-refractivity contribution in [3.05, 3.63) is 0 Å². The topological polar surface area (TPSA) is 30.9 Å². The van der Waals surface area contributed by atoms with Gasteiger partial charge in [0.05, 0.1) is 0 Å². The second kappa shape index (κ2) is 7.36. The van der Waals surface area contributed by atoms with Crippen LogP contribution in [0, 0.1) is 0 Å². The summed E-state index contributed by atoms with van der Waals surface area (Å²) in [5, 5.41) is 0. The van der Waals surface area contributed by atoms with Crippen LogP contribution < -0.4 is 0 Å². The zero-order chi connectivity index (χ0) is 11.0. The van der Waals surface area contributed by atoms with E-state index in [1.54, 1.807) is 21.3 Å². The van der Waals surface area contributed by atoms with Gasteiger partial charge < -0.3 is 18.2 Å². The molecule has 0 fully saturated rings. The Balaban J connectivity index is 3.82. The van der Waals surface area contributed by atoms with Crippen LogP contribution in [0.2, 0.25) is 6.04 Å². The standard InChI is InChI=1S/C9H23NO3Si/c1-6-10(2)8-7-9-14(11-3,12-4)13-5/h6-9H2,1-5H3. The van der Waals surface area contributed by atoms with Gasteiger partial charge in [0, 0.05) is 27.4 Å². The molecule has 86 valence electrons. The molecule has 4 nitrogen and oxygen atoms in total. The molecule has 0 N–H and O–H groups in total. The van der Waals surface area contributed by atoms with E-state index in [4.69, 9.17) is 13.3 Å². The van der Waals surface area contributed by atoms with E-state index in [9.17, 15) is 0 Å². The highest BCUT2D eigenvalue weighted by Gasteiger charge is 2.36. The van der Waals surface area contributed by atoms with Gasteiger partial charge in [0.1, 0.15) is 0 Å². The molecule has 5 heteroatoms. The van der Waals surface area contributed by atoms with E-state index in [2.05, 4.69) is 18.9 Å². The lowest BCUT2D eigenvalue weighted by Crippen LogP contribution is -2.43. The quantitative estimate of drug-likeness (QED) is 0.576. The van der Waals surface area contributed by atoms with Gasteiger partial charge in [-0.25, -0.2) is 0 Å². The van der Waals surface area contributed by atoms with Gasteiger partial charge in [-0.3, -0.25) is 0 Å². The first-order chi connectivity index (χ1) is 6.64. The first kappa shape index (κ1) is 14.1. The summed E-state index contributed by atoms with van der Waals surface area (Å²) in [6, 6.07) is 0.876. The Bertz CT molecular complexity index is 134. The summed E-state index contributed by atoms with van der Waals surface area (Å²) in [6.45, 7) is 4.27. The Morgan fingerprint density at radius 1 is 1.07 bits per heavy atom. The first-order valence-electron chi connectivity index (χ1n) is 4.98. The molecule has 0 aromatic rings. The van der Waals surface area contributed by atoms with E-state index in [-0.39, 0.29) is 0 Å². The van der Waals surface area contributed by atoms with Crippen LogP contribution in [0.5, 0.6) is 0 Å². The molecule has 0 saturated carbocycles. The van der Waals surface area contributed by atoms with Crippen molar-refractivity contribution in [1.82, 2.24) is 4.90 Å². The van der Waals surface area contributed by atoms with Gasteiger partial charge in [-0.1, -0.05) is 6.92 Å². The van der Waals surface area contributed by atoms with Crippen molar-refractivity contribution in [3.8, 4) is 0 Å². The molecule has 0 radical (unpaired) electrons. The molecule has 0 rings (SSSR count). The minimum atomic E-state index is -2.32. The van der Waals surface area contributed by atoms with Crippen molar-refractivity contribution in [2.75, 3.05) is 41.5 Å². The monoisotopic (exact) mass is 221 g/mol. The maximum atomic E-state index is 5.33. The maximum absolute atomic E-state index is 5.33. The predicted molar refractivity (Wildman–Crippen MR) is 59.4 cm³/mol. The summed E-state index contributed by atoms with van der Waals surface area (Å²) >= 11 is 0. The summed E-state index contributed by atoms with van der Waals surface area (Å²) in [4.78, 5) is 2.26. The van der Waals surface area contributed by atoms with Crippen molar-refractivity contribution in [2.24, 2.45) is 0 Å². The molecule has 0 heterocycles. The molecule has 0 aliphatic rings. The van der Waals surface area contributed by atoms with Gasteiger partial charge in [0.15, 0.2) is 0 Å². The maximum Gasteiger partial charge on any atom is 0.500 e. The third-order valence-electron chi connectivity index (χ3n) is 2.50. The molecule has 0 aliphatic carbocycles. The van der Waals surface area contributed by atoms with Gasteiger partial charge in [0.25, 0.3) is 0 Å². The molecular formula is C9H23NO3Si. The summed E-state index contributed by atoms with van der Waals surface area (Å²) in [6.07, 6.45) is 1.05. The van der Waals surface area contributed by atoms with Crippen LogP contribution in [-0.4, -0.2) is 55.2 Å². The largest absolute Gasteiger partial charge is 0.500 e.